The Balaban J connectivity index is 2.02. The molecule has 0 N–H and O–H groups in total. The topological polar surface area (TPSA) is 61.3 Å². The number of esters is 1. The number of nitrogens with zero attached hydrogens (tertiary/aromatic N) is 2. The summed E-state index contributed by atoms with van der Waals surface area (Å²) in [5.41, 5.74) is -0.300. The van der Waals surface area contributed by atoms with Gasteiger partial charge in [-0.15, -0.1) is 0 Å². The minimum absolute atomic E-state index is 0.0843. The molecule has 1 aromatic heterocycles. The standard InChI is InChI=1S/C20H15F3N2O3/c1-2-27-19(26)16-12-24-17(13-7-4-3-5-8-13)25-18(16)28-15-10-6-9-14(11-15)20(21,22)23/h3-12H,2H2,1H3. The first-order valence-corrected chi connectivity index (χ1v) is 8.33. The Kier molecular flexibility index (Phi) is 5.58. The summed E-state index contributed by atoms with van der Waals surface area (Å²) in [6, 6.07) is 13.2. The molecule has 0 spiro atoms. The third-order valence-electron chi connectivity index (χ3n) is 3.66. The van der Waals surface area contributed by atoms with Crippen molar-refractivity contribution in [3.8, 4) is 23.0 Å². The van der Waals surface area contributed by atoms with E-state index in [0.717, 1.165) is 12.1 Å². The number of ether oxygens (including phenoxy) is 2. The number of hydrogen-bond acceptors (Lipinski definition) is 5. The molecule has 0 atom stereocenters. The van der Waals surface area contributed by atoms with Crippen LogP contribution in [0.5, 0.6) is 11.6 Å². The molecule has 5 nitrogen and oxygen atoms in total. The summed E-state index contributed by atoms with van der Waals surface area (Å²) in [5.74, 6) is -0.774. The SMILES string of the molecule is CCOC(=O)c1cnc(-c2ccccc2)nc1Oc1cccc(C(F)(F)F)c1. The van der Waals surface area contributed by atoms with Crippen molar-refractivity contribution < 1.29 is 27.4 Å². The van der Waals surface area contributed by atoms with E-state index >= 15 is 0 Å². The van der Waals surface area contributed by atoms with Crippen molar-refractivity contribution in [3.63, 3.8) is 0 Å². The maximum atomic E-state index is 12.9. The van der Waals surface area contributed by atoms with Gasteiger partial charge in [-0.25, -0.2) is 9.78 Å². The highest BCUT2D eigenvalue weighted by Crippen LogP contribution is 2.33. The van der Waals surface area contributed by atoms with E-state index in [9.17, 15) is 18.0 Å². The van der Waals surface area contributed by atoms with Crippen LogP contribution in [-0.2, 0) is 10.9 Å². The largest absolute Gasteiger partial charge is 0.462 e. The van der Waals surface area contributed by atoms with Gasteiger partial charge in [0.1, 0.15) is 11.3 Å². The fraction of sp³-hybridized carbons (Fsp3) is 0.150. The lowest BCUT2D eigenvalue weighted by molar-refractivity contribution is -0.137. The smallest absolute Gasteiger partial charge is 0.416 e. The van der Waals surface area contributed by atoms with E-state index in [1.165, 1.54) is 18.3 Å². The summed E-state index contributed by atoms with van der Waals surface area (Å²) < 4.78 is 49.3. The maximum absolute atomic E-state index is 12.9. The van der Waals surface area contributed by atoms with Gasteiger partial charge in [0.2, 0.25) is 5.88 Å². The Labute approximate surface area is 158 Å². The molecule has 0 fully saturated rings. The van der Waals surface area contributed by atoms with Gasteiger partial charge in [0.15, 0.2) is 5.82 Å². The molecular weight excluding hydrogens is 373 g/mol. The van der Waals surface area contributed by atoms with Crippen molar-refractivity contribution in [2.75, 3.05) is 6.61 Å². The van der Waals surface area contributed by atoms with Crippen LogP contribution in [0.1, 0.15) is 22.8 Å². The zero-order chi connectivity index (χ0) is 20.1. The van der Waals surface area contributed by atoms with Crippen LogP contribution < -0.4 is 4.74 Å². The van der Waals surface area contributed by atoms with Crippen LogP contribution in [0.15, 0.2) is 60.8 Å². The third-order valence-corrected chi connectivity index (χ3v) is 3.66. The van der Waals surface area contributed by atoms with Crippen molar-refractivity contribution in [2.45, 2.75) is 13.1 Å². The number of hydrogen-bond donors (Lipinski definition) is 0. The summed E-state index contributed by atoms with van der Waals surface area (Å²) in [6.45, 7) is 1.74. The van der Waals surface area contributed by atoms with E-state index in [1.54, 1.807) is 31.2 Å². The summed E-state index contributed by atoms with van der Waals surface area (Å²) in [4.78, 5) is 20.5. The highest BCUT2D eigenvalue weighted by atomic mass is 19.4. The molecule has 0 saturated carbocycles. The molecular formula is C20H15F3N2O3. The lowest BCUT2D eigenvalue weighted by atomic mass is 10.2. The predicted molar refractivity (Wildman–Crippen MR) is 94.9 cm³/mol. The van der Waals surface area contributed by atoms with Gasteiger partial charge in [-0.1, -0.05) is 36.4 Å². The van der Waals surface area contributed by atoms with Crippen LogP contribution >= 0.6 is 0 Å². The maximum Gasteiger partial charge on any atom is 0.416 e. The molecule has 0 bridgehead atoms. The summed E-state index contributed by atoms with van der Waals surface area (Å²) in [5, 5.41) is 0. The van der Waals surface area contributed by atoms with Gasteiger partial charge >= 0.3 is 12.1 Å². The van der Waals surface area contributed by atoms with Gasteiger partial charge in [-0.05, 0) is 25.1 Å². The number of benzene rings is 2. The predicted octanol–water partition coefficient (Wildman–Crippen LogP) is 5.13. The second-order valence-corrected chi connectivity index (χ2v) is 5.63. The van der Waals surface area contributed by atoms with Crippen LogP contribution in [-0.4, -0.2) is 22.5 Å². The van der Waals surface area contributed by atoms with Gasteiger partial charge in [0.05, 0.1) is 12.2 Å². The molecule has 0 aliphatic carbocycles. The summed E-state index contributed by atoms with van der Waals surface area (Å²) >= 11 is 0. The highest BCUT2D eigenvalue weighted by molar-refractivity contribution is 5.91. The number of aromatic nitrogens is 2. The van der Waals surface area contributed by atoms with E-state index in [4.69, 9.17) is 9.47 Å². The second kappa shape index (κ2) is 8.08. The van der Waals surface area contributed by atoms with E-state index in [0.29, 0.717) is 5.56 Å². The first-order valence-electron chi connectivity index (χ1n) is 8.33. The number of rotatable bonds is 5. The number of alkyl halides is 3. The van der Waals surface area contributed by atoms with Crippen molar-refractivity contribution in [3.05, 3.63) is 71.9 Å². The molecule has 0 aliphatic rings. The Bertz CT molecular complexity index is 976. The molecule has 8 heteroatoms. The first kappa shape index (κ1) is 19.3. The van der Waals surface area contributed by atoms with E-state index in [2.05, 4.69) is 9.97 Å². The monoisotopic (exact) mass is 388 g/mol. The van der Waals surface area contributed by atoms with Gasteiger partial charge in [0, 0.05) is 11.8 Å². The third kappa shape index (κ3) is 4.46. The molecule has 0 aliphatic heterocycles. The van der Waals surface area contributed by atoms with E-state index in [-0.39, 0.29) is 29.6 Å². The average Bonchev–Trinajstić information content (AvgIpc) is 2.68. The normalized spacial score (nSPS) is 11.1. The fourth-order valence-electron chi connectivity index (χ4n) is 2.37. The highest BCUT2D eigenvalue weighted by Gasteiger charge is 2.31. The van der Waals surface area contributed by atoms with Gasteiger partial charge < -0.3 is 9.47 Å². The van der Waals surface area contributed by atoms with Crippen molar-refractivity contribution in [1.82, 2.24) is 9.97 Å². The number of carbonyl (C=O) groups excluding carboxylic acids is 1. The molecule has 0 amide bonds. The van der Waals surface area contributed by atoms with Crippen molar-refractivity contribution in [2.24, 2.45) is 0 Å². The fourth-order valence-corrected chi connectivity index (χ4v) is 2.37. The van der Waals surface area contributed by atoms with Crippen LogP contribution in [0.2, 0.25) is 0 Å². The van der Waals surface area contributed by atoms with E-state index in [1.807, 2.05) is 6.07 Å². The van der Waals surface area contributed by atoms with Gasteiger partial charge in [-0.3, -0.25) is 0 Å². The Morgan fingerprint density at radius 3 is 2.50 bits per heavy atom. The molecule has 3 aromatic rings. The molecule has 144 valence electrons. The molecule has 0 unspecified atom stereocenters. The van der Waals surface area contributed by atoms with E-state index < -0.39 is 17.7 Å². The molecule has 0 radical (unpaired) electrons. The minimum Gasteiger partial charge on any atom is -0.462 e. The zero-order valence-corrected chi connectivity index (χ0v) is 14.7. The second-order valence-electron chi connectivity index (χ2n) is 5.63. The number of halogens is 3. The van der Waals surface area contributed by atoms with Crippen molar-refractivity contribution >= 4 is 5.97 Å². The van der Waals surface area contributed by atoms with Gasteiger partial charge in [-0.2, -0.15) is 18.2 Å². The molecule has 1 heterocycles. The van der Waals surface area contributed by atoms with Crippen LogP contribution in [0.4, 0.5) is 13.2 Å². The lowest BCUT2D eigenvalue weighted by Crippen LogP contribution is -2.09. The lowest BCUT2D eigenvalue weighted by Gasteiger charge is -2.12. The van der Waals surface area contributed by atoms with Gasteiger partial charge in [0.25, 0.3) is 0 Å². The molecule has 28 heavy (non-hydrogen) atoms. The molecule has 0 saturated heterocycles. The first-order chi connectivity index (χ1) is 13.4. The molecule has 3 rings (SSSR count). The summed E-state index contributed by atoms with van der Waals surface area (Å²) in [7, 11) is 0. The van der Waals surface area contributed by atoms with Crippen molar-refractivity contribution in [1.29, 1.82) is 0 Å². The Morgan fingerprint density at radius 1 is 1.07 bits per heavy atom. The minimum atomic E-state index is -4.52. The number of carbonyl (C=O) groups is 1. The summed E-state index contributed by atoms with van der Waals surface area (Å²) in [6.07, 6.45) is -3.29. The Morgan fingerprint density at radius 2 is 1.82 bits per heavy atom. The quantitative estimate of drug-likeness (QED) is 0.567. The average molecular weight is 388 g/mol. The van der Waals surface area contributed by atoms with Crippen LogP contribution in [0.3, 0.4) is 0 Å². The van der Waals surface area contributed by atoms with Crippen LogP contribution in [0, 0.1) is 0 Å². The Hall–Kier alpha value is -3.42. The molecule has 2 aromatic carbocycles. The van der Waals surface area contributed by atoms with Crippen LogP contribution in [0.25, 0.3) is 11.4 Å². The zero-order valence-electron chi connectivity index (χ0n) is 14.7.